The summed E-state index contributed by atoms with van der Waals surface area (Å²) in [6.45, 7) is -3.62. The summed E-state index contributed by atoms with van der Waals surface area (Å²) in [6, 6.07) is 1.46. The molecule has 0 atom stereocenters. The van der Waals surface area contributed by atoms with Gasteiger partial charge in [0.25, 0.3) is 0 Å². The Morgan fingerprint density at radius 2 is 1.42 bits per heavy atom. The first-order valence-corrected chi connectivity index (χ1v) is 4.41. The summed E-state index contributed by atoms with van der Waals surface area (Å²) in [7, 11) is 0. The summed E-state index contributed by atoms with van der Waals surface area (Å²) in [4.78, 5) is 0. The first kappa shape index (κ1) is 15.3. The highest BCUT2D eigenvalue weighted by molar-refractivity contribution is 5.47. The van der Waals surface area contributed by atoms with Crippen molar-refractivity contribution in [2.75, 3.05) is 0 Å². The average Bonchev–Trinajstić information content (AvgIpc) is 2.11. The number of halogens is 8. The summed E-state index contributed by atoms with van der Waals surface area (Å²) >= 11 is 0. The molecule has 0 bridgehead atoms. The molecule has 0 aliphatic heterocycles. The molecule has 0 heterocycles. The molecule has 10 heteroatoms. The van der Waals surface area contributed by atoms with Gasteiger partial charge in [0.1, 0.15) is 17.1 Å². The minimum atomic E-state index is -5.40. The summed E-state index contributed by atoms with van der Waals surface area (Å²) in [5.41, 5.74) is -2.06. The zero-order chi connectivity index (χ0) is 14.8. The third kappa shape index (κ3) is 4.45. The Hall–Kier alpha value is -1.74. The van der Waals surface area contributed by atoms with Crippen LogP contribution in [0.25, 0.3) is 0 Å². The van der Waals surface area contributed by atoms with E-state index in [1.807, 2.05) is 0 Å². The molecule has 108 valence electrons. The molecule has 0 amide bonds. The smallest absolute Gasteiger partial charge is 0.434 e. The predicted octanol–water partition coefficient (Wildman–Crippen LogP) is 4.21. The van der Waals surface area contributed by atoms with Crippen molar-refractivity contribution in [2.24, 2.45) is 0 Å². The first-order chi connectivity index (χ1) is 8.50. The highest BCUT2D eigenvalue weighted by atomic mass is 19.4. The van der Waals surface area contributed by atoms with Crippen molar-refractivity contribution in [1.82, 2.24) is 0 Å². The summed E-state index contributed by atoms with van der Waals surface area (Å²) in [5.74, 6) is -3.12. The van der Waals surface area contributed by atoms with E-state index in [0.29, 0.717) is 18.2 Å². The molecular weight excluding hydrogens is 292 g/mol. The number of hydrogen-bond acceptors (Lipinski definition) is 2. The second-order valence-electron chi connectivity index (χ2n) is 3.05. The van der Waals surface area contributed by atoms with Crippen LogP contribution in [0.1, 0.15) is 5.56 Å². The van der Waals surface area contributed by atoms with E-state index in [0.717, 1.165) is 0 Å². The van der Waals surface area contributed by atoms with Gasteiger partial charge in [0.05, 0.1) is 0 Å². The van der Waals surface area contributed by atoms with Gasteiger partial charge < -0.3 is 9.47 Å². The van der Waals surface area contributed by atoms with Crippen molar-refractivity contribution in [3.63, 3.8) is 0 Å². The van der Waals surface area contributed by atoms with Crippen molar-refractivity contribution in [2.45, 2.75) is 19.2 Å². The van der Waals surface area contributed by atoms with Crippen molar-refractivity contribution in [3.05, 3.63) is 23.8 Å². The number of alkyl halides is 8. The Balaban J connectivity index is 3.31. The SMILES string of the molecule is FC(F)Oc1cccc(OC(F)(F)F)c1C(F)(F)F. The molecule has 1 aromatic rings. The van der Waals surface area contributed by atoms with Crippen molar-refractivity contribution < 1.29 is 44.6 Å². The zero-order valence-electron chi connectivity index (χ0n) is 8.65. The Kier molecular flexibility index (Phi) is 4.11. The van der Waals surface area contributed by atoms with Crippen LogP contribution in [0.15, 0.2) is 18.2 Å². The van der Waals surface area contributed by atoms with Gasteiger partial charge in [0, 0.05) is 0 Å². The van der Waals surface area contributed by atoms with Gasteiger partial charge in [-0.05, 0) is 12.1 Å². The van der Waals surface area contributed by atoms with Gasteiger partial charge in [0.15, 0.2) is 0 Å². The van der Waals surface area contributed by atoms with Crippen LogP contribution in [0.4, 0.5) is 35.1 Å². The Labute approximate surface area is 100 Å². The molecular formula is C9H4F8O2. The molecule has 0 spiro atoms. The van der Waals surface area contributed by atoms with E-state index in [9.17, 15) is 35.1 Å². The third-order valence-corrected chi connectivity index (χ3v) is 1.71. The molecule has 0 fully saturated rings. The van der Waals surface area contributed by atoms with Crippen LogP contribution in [-0.2, 0) is 6.18 Å². The highest BCUT2D eigenvalue weighted by Crippen LogP contribution is 2.44. The Morgan fingerprint density at radius 1 is 0.895 bits per heavy atom. The molecule has 2 nitrogen and oxygen atoms in total. The Bertz CT molecular complexity index is 437. The molecule has 1 aromatic carbocycles. The fraction of sp³-hybridized carbons (Fsp3) is 0.333. The quantitative estimate of drug-likeness (QED) is 0.778. The average molecular weight is 296 g/mol. The summed E-state index contributed by atoms with van der Waals surface area (Å²) in [6.07, 6.45) is -10.8. The van der Waals surface area contributed by atoms with Gasteiger partial charge in [-0.3, -0.25) is 0 Å². The lowest BCUT2D eigenvalue weighted by Crippen LogP contribution is -2.21. The van der Waals surface area contributed by atoms with Gasteiger partial charge in [0.2, 0.25) is 0 Å². The monoisotopic (exact) mass is 296 g/mol. The lowest BCUT2D eigenvalue weighted by Gasteiger charge is -2.18. The number of rotatable bonds is 3. The topological polar surface area (TPSA) is 18.5 Å². The minimum absolute atomic E-state index is 0.342. The van der Waals surface area contributed by atoms with Crippen LogP contribution in [0, 0.1) is 0 Å². The van der Waals surface area contributed by atoms with Crippen molar-refractivity contribution >= 4 is 0 Å². The molecule has 0 aliphatic rings. The maximum absolute atomic E-state index is 12.6. The Morgan fingerprint density at radius 3 is 1.84 bits per heavy atom. The van der Waals surface area contributed by atoms with E-state index in [4.69, 9.17) is 0 Å². The van der Waals surface area contributed by atoms with Crippen LogP contribution in [0.5, 0.6) is 11.5 Å². The normalized spacial score (nSPS) is 12.7. The molecule has 0 radical (unpaired) electrons. The highest BCUT2D eigenvalue weighted by Gasteiger charge is 2.42. The molecule has 0 saturated heterocycles. The van der Waals surface area contributed by atoms with Crippen LogP contribution in [0.2, 0.25) is 0 Å². The number of benzene rings is 1. The molecule has 0 N–H and O–H groups in total. The second kappa shape index (κ2) is 5.10. The van der Waals surface area contributed by atoms with Crippen LogP contribution >= 0.6 is 0 Å². The maximum Gasteiger partial charge on any atom is 0.573 e. The van der Waals surface area contributed by atoms with E-state index in [1.54, 1.807) is 0 Å². The van der Waals surface area contributed by atoms with Crippen molar-refractivity contribution in [3.8, 4) is 11.5 Å². The minimum Gasteiger partial charge on any atom is -0.434 e. The van der Waals surface area contributed by atoms with E-state index < -0.39 is 36.2 Å². The standard InChI is InChI=1S/C9H4F8O2/c10-7(11)18-4-2-1-3-5(19-9(15,16)17)6(4)8(12,13)14/h1-3,7H. The molecule has 0 aromatic heterocycles. The predicted molar refractivity (Wildman–Crippen MR) is 44.8 cm³/mol. The number of ether oxygens (including phenoxy) is 2. The summed E-state index contributed by atoms with van der Waals surface area (Å²) in [5, 5.41) is 0. The third-order valence-electron chi connectivity index (χ3n) is 1.71. The lowest BCUT2D eigenvalue weighted by molar-refractivity contribution is -0.276. The van der Waals surface area contributed by atoms with Gasteiger partial charge >= 0.3 is 19.2 Å². The van der Waals surface area contributed by atoms with Gasteiger partial charge in [-0.1, -0.05) is 6.07 Å². The van der Waals surface area contributed by atoms with Gasteiger partial charge in [-0.25, -0.2) is 0 Å². The van der Waals surface area contributed by atoms with Gasteiger partial charge in [-0.2, -0.15) is 22.0 Å². The lowest BCUT2D eigenvalue weighted by atomic mass is 10.1. The largest absolute Gasteiger partial charge is 0.573 e. The zero-order valence-corrected chi connectivity index (χ0v) is 8.65. The van der Waals surface area contributed by atoms with Crippen LogP contribution in [0.3, 0.4) is 0 Å². The fourth-order valence-electron chi connectivity index (χ4n) is 1.19. The molecule has 1 rings (SSSR count). The van der Waals surface area contributed by atoms with E-state index >= 15 is 0 Å². The molecule has 0 saturated carbocycles. The van der Waals surface area contributed by atoms with Gasteiger partial charge in [-0.15, -0.1) is 13.2 Å². The molecule has 0 unspecified atom stereocenters. The van der Waals surface area contributed by atoms with E-state index in [-0.39, 0.29) is 0 Å². The molecule has 0 aliphatic carbocycles. The number of hydrogen-bond donors (Lipinski definition) is 0. The second-order valence-corrected chi connectivity index (χ2v) is 3.05. The summed E-state index contributed by atoms with van der Waals surface area (Å²) < 4.78 is 104. The van der Waals surface area contributed by atoms with Crippen LogP contribution in [-0.4, -0.2) is 13.0 Å². The fourth-order valence-corrected chi connectivity index (χ4v) is 1.19. The van der Waals surface area contributed by atoms with E-state index in [1.165, 1.54) is 0 Å². The van der Waals surface area contributed by atoms with Crippen LogP contribution < -0.4 is 9.47 Å². The molecule has 19 heavy (non-hydrogen) atoms. The first-order valence-electron chi connectivity index (χ1n) is 4.41. The maximum atomic E-state index is 12.6. The van der Waals surface area contributed by atoms with Crippen molar-refractivity contribution in [1.29, 1.82) is 0 Å². The van der Waals surface area contributed by atoms with E-state index in [2.05, 4.69) is 9.47 Å².